The van der Waals surface area contributed by atoms with Gasteiger partial charge in [0.2, 0.25) is 0 Å². The molecule has 7 nitrogen and oxygen atoms in total. The van der Waals surface area contributed by atoms with E-state index in [-0.39, 0.29) is 6.10 Å². The fraction of sp³-hybridized carbons (Fsp3) is 0.238. The molecular weight excluding hydrogens is 386 g/mol. The Hall–Kier alpha value is -3.10. The Morgan fingerprint density at radius 2 is 2.00 bits per heavy atom. The summed E-state index contributed by atoms with van der Waals surface area (Å²) in [5, 5.41) is 16.2. The molecule has 0 spiro atoms. The third-order valence-electron chi connectivity index (χ3n) is 5.18. The van der Waals surface area contributed by atoms with Crippen LogP contribution in [0.1, 0.15) is 23.2 Å². The van der Waals surface area contributed by atoms with Crippen LogP contribution in [0.5, 0.6) is 0 Å². The molecule has 146 valence electrons. The van der Waals surface area contributed by atoms with Crippen molar-refractivity contribution in [3.63, 3.8) is 0 Å². The second kappa shape index (κ2) is 7.38. The first kappa shape index (κ1) is 18.0. The van der Waals surface area contributed by atoms with Crippen LogP contribution in [0.3, 0.4) is 0 Å². The summed E-state index contributed by atoms with van der Waals surface area (Å²) in [4.78, 5) is 24.4. The van der Waals surface area contributed by atoms with Gasteiger partial charge in [-0.2, -0.15) is 5.10 Å². The molecule has 0 saturated carbocycles. The zero-order chi connectivity index (χ0) is 19.8. The SMILES string of the molecule is O=Cc1cc(-c2cnn3ccc(-c4cccs4)nc23)nc(N2CCC(O)CC2)c1. The van der Waals surface area contributed by atoms with Gasteiger partial charge in [0.05, 0.1) is 34.1 Å². The third kappa shape index (κ3) is 3.41. The van der Waals surface area contributed by atoms with Crippen molar-refractivity contribution in [3.8, 4) is 21.8 Å². The smallest absolute Gasteiger partial charge is 0.165 e. The number of carbonyl (C=O) groups is 1. The predicted octanol–water partition coefficient (Wildman–Crippen LogP) is 3.29. The molecule has 0 unspecified atom stereocenters. The Morgan fingerprint density at radius 3 is 2.76 bits per heavy atom. The Bertz CT molecular complexity index is 1160. The summed E-state index contributed by atoms with van der Waals surface area (Å²) in [5.74, 6) is 0.741. The minimum atomic E-state index is -0.264. The predicted molar refractivity (Wildman–Crippen MR) is 112 cm³/mol. The van der Waals surface area contributed by atoms with E-state index in [9.17, 15) is 9.90 Å². The lowest BCUT2D eigenvalue weighted by atomic mass is 10.1. The van der Waals surface area contributed by atoms with E-state index >= 15 is 0 Å². The molecule has 29 heavy (non-hydrogen) atoms. The number of nitrogens with zero attached hydrogens (tertiary/aromatic N) is 5. The van der Waals surface area contributed by atoms with Gasteiger partial charge in [-0.1, -0.05) is 6.07 Å². The summed E-state index contributed by atoms with van der Waals surface area (Å²) in [7, 11) is 0. The van der Waals surface area contributed by atoms with E-state index in [0.29, 0.717) is 42.8 Å². The third-order valence-corrected chi connectivity index (χ3v) is 6.07. The van der Waals surface area contributed by atoms with E-state index in [0.717, 1.165) is 28.2 Å². The number of aromatic nitrogens is 4. The topological polar surface area (TPSA) is 83.6 Å². The molecule has 8 heteroatoms. The van der Waals surface area contributed by atoms with Crippen molar-refractivity contribution in [2.75, 3.05) is 18.0 Å². The zero-order valence-corrected chi connectivity index (χ0v) is 16.4. The van der Waals surface area contributed by atoms with E-state index in [2.05, 4.69) is 10.00 Å². The number of piperidine rings is 1. The minimum Gasteiger partial charge on any atom is -0.393 e. The summed E-state index contributed by atoms with van der Waals surface area (Å²) < 4.78 is 1.72. The lowest BCUT2D eigenvalue weighted by Gasteiger charge is -2.30. The van der Waals surface area contributed by atoms with Gasteiger partial charge in [0, 0.05) is 24.8 Å². The fourth-order valence-corrected chi connectivity index (χ4v) is 4.31. The standard InChI is InChI=1S/C21H19N5O2S/c27-13-14-10-18(23-20(11-14)25-6-3-15(28)4-7-25)16-12-22-26-8-5-17(24-21(16)26)19-2-1-9-29-19/h1-2,5,8-13,15,28H,3-4,6-7H2. The number of thiophene rings is 1. The van der Waals surface area contributed by atoms with Gasteiger partial charge >= 0.3 is 0 Å². The van der Waals surface area contributed by atoms with Crippen LogP contribution < -0.4 is 4.90 Å². The summed E-state index contributed by atoms with van der Waals surface area (Å²) in [6.07, 6.45) is 5.59. The summed E-state index contributed by atoms with van der Waals surface area (Å²) in [5.41, 5.74) is 3.59. The van der Waals surface area contributed by atoms with Crippen molar-refractivity contribution in [1.29, 1.82) is 0 Å². The Kier molecular flexibility index (Phi) is 4.57. The Morgan fingerprint density at radius 1 is 1.14 bits per heavy atom. The normalized spacial score (nSPS) is 15.1. The lowest BCUT2D eigenvalue weighted by molar-refractivity contribution is 0.112. The number of fused-ring (bicyclic) bond motifs is 1. The van der Waals surface area contributed by atoms with Crippen molar-refractivity contribution in [2.24, 2.45) is 0 Å². The molecule has 4 aromatic rings. The van der Waals surface area contributed by atoms with Crippen molar-refractivity contribution >= 4 is 29.1 Å². The van der Waals surface area contributed by atoms with Gasteiger partial charge in [0.15, 0.2) is 5.65 Å². The minimum absolute atomic E-state index is 0.264. The van der Waals surface area contributed by atoms with E-state index in [1.165, 1.54) is 0 Å². The summed E-state index contributed by atoms with van der Waals surface area (Å²) in [6, 6.07) is 9.54. The van der Waals surface area contributed by atoms with Crippen LogP contribution in [0.2, 0.25) is 0 Å². The van der Waals surface area contributed by atoms with Crippen LogP contribution in [0.4, 0.5) is 5.82 Å². The van der Waals surface area contributed by atoms with Gasteiger partial charge < -0.3 is 10.0 Å². The van der Waals surface area contributed by atoms with Crippen molar-refractivity contribution in [1.82, 2.24) is 19.6 Å². The van der Waals surface area contributed by atoms with E-state index in [1.807, 2.05) is 29.8 Å². The van der Waals surface area contributed by atoms with E-state index in [1.54, 1.807) is 34.2 Å². The molecule has 0 aliphatic carbocycles. The molecule has 4 aromatic heterocycles. The number of hydrogen-bond acceptors (Lipinski definition) is 7. The monoisotopic (exact) mass is 405 g/mol. The molecule has 5 heterocycles. The van der Waals surface area contributed by atoms with Crippen LogP contribution in [0.25, 0.3) is 27.5 Å². The van der Waals surface area contributed by atoms with Crippen LogP contribution in [0.15, 0.2) is 48.1 Å². The highest BCUT2D eigenvalue weighted by molar-refractivity contribution is 7.13. The number of pyridine rings is 1. The maximum atomic E-state index is 11.6. The van der Waals surface area contributed by atoms with Crippen LogP contribution >= 0.6 is 11.3 Å². The number of rotatable bonds is 4. The van der Waals surface area contributed by atoms with Gasteiger partial charge in [-0.15, -0.1) is 11.3 Å². The Labute approximate surface area is 171 Å². The van der Waals surface area contributed by atoms with Crippen LogP contribution in [-0.2, 0) is 0 Å². The van der Waals surface area contributed by atoms with Crippen molar-refractivity contribution in [3.05, 3.63) is 53.7 Å². The van der Waals surface area contributed by atoms with Gasteiger partial charge in [-0.3, -0.25) is 4.79 Å². The number of anilines is 1. The molecule has 0 bridgehead atoms. The molecular formula is C21H19N5O2S. The maximum Gasteiger partial charge on any atom is 0.165 e. The second-order valence-electron chi connectivity index (χ2n) is 7.10. The average Bonchev–Trinajstić information content (AvgIpc) is 3.43. The van der Waals surface area contributed by atoms with E-state index in [4.69, 9.17) is 9.97 Å². The first-order valence-corrected chi connectivity index (χ1v) is 10.4. The average molecular weight is 405 g/mol. The van der Waals surface area contributed by atoms with Gasteiger partial charge in [0.25, 0.3) is 0 Å². The number of aliphatic hydroxyl groups is 1. The van der Waals surface area contributed by atoms with E-state index < -0.39 is 0 Å². The quantitative estimate of drug-likeness (QED) is 0.525. The second-order valence-corrected chi connectivity index (χ2v) is 8.04. The number of aliphatic hydroxyl groups excluding tert-OH is 1. The fourth-order valence-electron chi connectivity index (χ4n) is 3.61. The molecule has 0 aromatic carbocycles. The molecule has 1 fully saturated rings. The summed E-state index contributed by atoms with van der Waals surface area (Å²) in [6.45, 7) is 1.43. The zero-order valence-electron chi connectivity index (χ0n) is 15.6. The first-order valence-electron chi connectivity index (χ1n) is 9.50. The Balaban J connectivity index is 1.59. The lowest BCUT2D eigenvalue weighted by Crippen LogP contribution is -2.36. The first-order chi connectivity index (χ1) is 14.2. The van der Waals surface area contributed by atoms with Crippen molar-refractivity contribution in [2.45, 2.75) is 18.9 Å². The highest BCUT2D eigenvalue weighted by Gasteiger charge is 2.20. The maximum absolute atomic E-state index is 11.6. The van der Waals surface area contributed by atoms with Gasteiger partial charge in [-0.05, 0) is 42.5 Å². The molecule has 1 N–H and O–H groups in total. The number of carbonyl (C=O) groups excluding carboxylic acids is 1. The van der Waals surface area contributed by atoms with Crippen LogP contribution in [0, 0.1) is 0 Å². The number of aldehydes is 1. The molecule has 0 atom stereocenters. The highest BCUT2D eigenvalue weighted by atomic mass is 32.1. The molecule has 0 amide bonds. The molecule has 1 aliphatic heterocycles. The highest BCUT2D eigenvalue weighted by Crippen LogP contribution is 2.29. The van der Waals surface area contributed by atoms with Gasteiger partial charge in [0.1, 0.15) is 12.1 Å². The largest absolute Gasteiger partial charge is 0.393 e. The van der Waals surface area contributed by atoms with Crippen LogP contribution in [-0.4, -0.2) is 50.2 Å². The van der Waals surface area contributed by atoms with Crippen molar-refractivity contribution < 1.29 is 9.90 Å². The molecule has 1 aliphatic rings. The molecule has 0 radical (unpaired) electrons. The van der Waals surface area contributed by atoms with Gasteiger partial charge in [-0.25, -0.2) is 14.5 Å². The molecule has 1 saturated heterocycles. The molecule has 5 rings (SSSR count). The number of hydrogen-bond donors (Lipinski definition) is 1. The summed E-state index contributed by atoms with van der Waals surface area (Å²) >= 11 is 1.64.